The second-order valence-electron chi connectivity index (χ2n) is 3.90. The summed E-state index contributed by atoms with van der Waals surface area (Å²) in [6.07, 6.45) is 0. The molecule has 1 aromatic carbocycles. The molecule has 1 amide bonds. The molecule has 0 bridgehead atoms. The zero-order valence-electron chi connectivity index (χ0n) is 9.95. The van der Waals surface area contributed by atoms with Crippen molar-refractivity contribution in [2.24, 2.45) is 0 Å². The Morgan fingerprint density at radius 1 is 1.47 bits per heavy atom. The number of nitrogen functional groups attached to an aromatic ring is 1. The molecular formula is C11H11F2N5O. The van der Waals surface area contributed by atoms with Gasteiger partial charge in [-0.3, -0.25) is 9.89 Å². The predicted octanol–water partition coefficient (Wildman–Crippen LogP) is 1.16. The molecule has 1 heterocycles. The molecule has 0 radical (unpaired) electrons. The van der Waals surface area contributed by atoms with Crippen LogP contribution < -0.4 is 11.1 Å². The molecule has 2 aromatic rings. The van der Waals surface area contributed by atoms with Gasteiger partial charge >= 0.3 is 0 Å². The molecule has 0 aliphatic carbocycles. The monoisotopic (exact) mass is 267 g/mol. The zero-order valence-corrected chi connectivity index (χ0v) is 9.95. The first-order valence-corrected chi connectivity index (χ1v) is 5.41. The summed E-state index contributed by atoms with van der Waals surface area (Å²) in [7, 11) is 0. The highest BCUT2D eigenvalue weighted by Gasteiger charge is 2.17. The minimum Gasteiger partial charge on any atom is -0.366 e. The van der Waals surface area contributed by atoms with Crippen molar-refractivity contribution in [2.75, 3.05) is 5.73 Å². The molecule has 1 atom stereocenters. The van der Waals surface area contributed by atoms with Gasteiger partial charge in [0.05, 0.1) is 6.04 Å². The topological polar surface area (TPSA) is 96.7 Å². The number of nitrogens with zero attached hydrogens (tertiary/aromatic N) is 2. The number of aromatic amines is 1. The first-order chi connectivity index (χ1) is 8.97. The SMILES string of the molecule is CC(NC(=O)c1nc(N)n[nH]1)c1ccc(F)cc1F. The fourth-order valence-corrected chi connectivity index (χ4v) is 1.57. The van der Waals surface area contributed by atoms with Crippen molar-refractivity contribution >= 4 is 11.9 Å². The molecule has 100 valence electrons. The van der Waals surface area contributed by atoms with Crippen molar-refractivity contribution < 1.29 is 13.6 Å². The third-order valence-electron chi connectivity index (χ3n) is 2.49. The van der Waals surface area contributed by atoms with Crippen molar-refractivity contribution in [3.05, 3.63) is 41.2 Å². The summed E-state index contributed by atoms with van der Waals surface area (Å²) in [5.74, 6) is -2.13. The fourth-order valence-electron chi connectivity index (χ4n) is 1.57. The van der Waals surface area contributed by atoms with Crippen LogP contribution >= 0.6 is 0 Å². The molecule has 6 nitrogen and oxygen atoms in total. The van der Waals surface area contributed by atoms with Gasteiger partial charge in [-0.25, -0.2) is 8.78 Å². The Morgan fingerprint density at radius 3 is 2.79 bits per heavy atom. The van der Waals surface area contributed by atoms with E-state index < -0.39 is 23.6 Å². The molecule has 0 spiro atoms. The number of hydrogen-bond acceptors (Lipinski definition) is 4. The van der Waals surface area contributed by atoms with E-state index in [9.17, 15) is 13.6 Å². The second kappa shape index (κ2) is 5.01. The third-order valence-corrected chi connectivity index (χ3v) is 2.49. The van der Waals surface area contributed by atoms with E-state index in [4.69, 9.17) is 5.73 Å². The quantitative estimate of drug-likeness (QED) is 0.777. The van der Waals surface area contributed by atoms with Gasteiger partial charge in [0.2, 0.25) is 11.8 Å². The number of benzene rings is 1. The van der Waals surface area contributed by atoms with Crippen LogP contribution in [0.3, 0.4) is 0 Å². The maximum Gasteiger partial charge on any atom is 0.289 e. The van der Waals surface area contributed by atoms with Crippen molar-refractivity contribution in [3.63, 3.8) is 0 Å². The van der Waals surface area contributed by atoms with Gasteiger partial charge in [0.1, 0.15) is 11.6 Å². The molecule has 19 heavy (non-hydrogen) atoms. The summed E-state index contributed by atoms with van der Waals surface area (Å²) >= 11 is 0. The van der Waals surface area contributed by atoms with E-state index in [2.05, 4.69) is 20.5 Å². The largest absolute Gasteiger partial charge is 0.366 e. The lowest BCUT2D eigenvalue weighted by atomic mass is 10.1. The van der Waals surface area contributed by atoms with Crippen LogP contribution in [0.5, 0.6) is 0 Å². The van der Waals surface area contributed by atoms with Crippen LogP contribution in [-0.4, -0.2) is 21.1 Å². The Hall–Kier alpha value is -2.51. The molecule has 4 N–H and O–H groups in total. The van der Waals surface area contributed by atoms with E-state index in [0.717, 1.165) is 12.1 Å². The minimum atomic E-state index is -0.732. The number of nitrogens with two attached hydrogens (primary N) is 1. The number of nitrogens with one attached hydrogen (secondary N) is 2. The molecule has 0 fully saturated rings. The zero-order chi connectivity index (χ0) is 14.0. The van der Waals surface area contributed by atoms with E-state index in [-0.39, 0.29) is 17.3 Å². The van der Waals surface area contributed by atoms with Gasteiger partial charge in [0.15, 0.2) is 0 Å². The molecule has 1 aromatic heterocycles. The fraction of sp³-hybridized carbons (Fsp3) is 0.182. The first-order valence-electron chi connectivity index (χ1n) is 5.41. The second-order valence-corrected chi connectivity index (χ2v) is 3.90. The maximum absolute atomic E-state index is 13.5. The summed E-state index contributed by atoms with van der Waals surface area (Å²) in [6.45, 7) is 1.56. The van der Waals surface area contributed by atoms with Crippen LogP contribution in [0.25, 0.3) is 0 Å². The Kier molecular flexibility index (Phi) is 3.41. The van der Waals surface area contributed by atoms with Crippen molar-refractivity contribution in [3.8, 4) is 0 Å². The van der Waals surface area contributed by atoms with Crippen LogP contribution in [0.1, 0.15) is 29.1 Å². The normalized spacial score (nSPS) is 12.2. The summed E-state index contributed by atoms with van der Waals surface area (Å²) in [4.78, 5) is 15.4. The highest BCUT2D eigenvalue weighted by molar-refractivity contribution is 5.90. The summed E-state index contributed by atoms with van der Waals surface area (Å²) < 4.78 is 26.3. The van der Waals surface area contributed by atoms with Crippen LogP contribution in [0.4, 0.5) is 14.7 Å². The lowest BCUT2D eigenvalue weighted by molar-refractivity contribution is 0.0929. The van der Waals surface area contributed by atoms with Crippen LogP contribution in [0.2, 0.25) is 0 Å². The lowest BCUT2D eigenvalue weighted by Crippen LogP contribution is -2.28. The van der Waals surface area contributed by atoms with Gasteiger partial charge in [-0.1, -0.05) is 6.07 Å². The highest BCUT2D eigenvalue weighted by atomic mass is 19.1. The molecule has 0 aliphatic rings. The van der Waals surface area contributed by atoms with Gasteiger partial charge < -0.3 is 11.1 Å². The Bertz CT molecular complexity index is 613. The number of aromatic nitrogens is 3. The van der Waals surface area contributed by atoms with E-state index in [1.165, 1.54) is 6.07 Å². The minimum absolute atomic E-state index is 0.0641. The van der Waals surface area contributed by atoms with Gasteiger partial charge in [-0.15, -0.1) is 5.10 Å². The number of rotatable bonds is 3. The maximum atomic E-state index is 13.5. The van der Waals surface area contributed by atoms with Crippen molar-refractivity contribution in [2.45, 2.75) is 13.0 Å². The number of carbonyl (C=O) groups excluding carboxylic acids is 1. The van der Waals surface area contributed by atoms with Crippen molar-refractivity contribution in [1.29, 1.82) is 0 Å². The van der Waals surface area contributed by atoms with E-state index in [0.29, 0.717) is 0 Å². The van der Waals surface area contributed by atoms with Crippen LogP contribution in [0.15, 0.2) is 18.2 Å². The van der Waals surface area contributed by atoms with Gasteiger partial charge in [-0.05, 0) is 13.0 Å². The van der Waals surface area contributed by atoms with Crippen LogP contribution in [0, 0.1) is 11.6 Å². The number of hydrogen-bond donors (Lipinski definition) is 3. The standard InChI is InChI=1S/C11H11F2N5O/c1-5(7-3-2-6(12)4-8(7)13)15-10(19)9-16-11(14)18-17-9/h2-5H,1H3,(H,15,19)(H3,14,16,17,18). The number of H-pyrrole nitrogens is 1. The first kappa shape index (κ1) is 12.9. The lowest BCUT2D eigenvalue weighted by Gasteiger charge is -2.14. The molecule has 0 saturated heterocycles. The summed E-state index contributed by atoms with van der Waals surface area (Å²) in [5.41, 5.74) is 5.43. The molecular weight excluding hydrogens is 256 g/mol. The highest BCUT2D eigenvalue weighted by Crippen LogP contribution is 2.17. The number of carbonyl (C=O) groups is 1. The van der Waals surface area contributed by atoms with E-state index >= 15 is 0 Å². The molecule has 1 unspecified atom stereocenters. The Balaban J connectivity index is 2.12. The molecule has 0 aliphatic heterocycles. The van der Waals surface area contributed by atoms with E-state index in [1.807, 2.05) is 0 Å². The summed E-state index contributed by atoms with van der Waals surface area (Å²) in [5, 5.41) is 8.33. The summed E-state index contributed by atoms with van der Waals surface area (Å²) in [6, 6.07) is 2.49. The van der Waals surface area contributed by atoms with Gasteiger partial charge in [-0.2, -0.15) is 4.98 Å². The number of amides is 1. The predicted molar refractivity (Wildman–Crippen MR) is 63.0 cm³/mol. The average molecular weight is 267 g/mol. The molecule has 0 saturated carbocycles. The Labute approximate surface area is 107 Å². The third kappa shape index (κ3) is 2.84. The molecule has 8 heteroatoms. The smallest absolute Gasteiger partial charge is 0.289 e. The van der Waals surface area contributed by atoms with Gasteiger partial charge in [0.25, 0.3) is 5.91 Å². The van der Waals surface area contributed by atoms with E-state index in [1.54, 1.807) is 6.92 Å². The average Bonchev–Trinajstić information content (AvgIpc) is 2.75. The number of halogens is 2. The van der Waals surface area contributed by atoms with Crippen LogP contribution in [-0.2, 0) is 0 Å². The van der Waals surface area contributed by atoms with Crippen molar-refractivity contribution in [1.82, 2.24) is 20.5 Å². The Morgan fingerprint density at radius 2 is 2.21 bits per heavy atom. The number of anilines is 1. The van der Waals surface area contributed by atoms with Gasteiger partial charge in [0, 0.05) is 11.6 Å². The molecule has 2 rings (SSSR count).